The zero-order valence-corrected chi connectivity index (χ0v) is 16.0. The monoisotopic (exact) mass is 417 g/mol. The Morgan fingerprint density at radius 1 is 0.968 bits per heavy atom. The molecule has 0 aliphatic carbocycles. The highest BCUT2D eigenvalue weighted by atomic mass is 16.6. The average Bonchev–Trinajstić information content (AvgIpc) is 3.23. The normalized spacial score (nSPS) is 15.3. The molecule has 4 rings (SSSR count). The predicted octanol–water partition coefficient (Wildman–Crippen LogP) is 3.52. The average molecular weight is 417 g/mol. The maximum absolute atomic E-state index is 12.8. The smallest absolute Gasteiger partial charge is 0.331 e. The molecular formula is C22H15N3O6. The highest BCUT2D eigenvalue weighted by molar-refractivity contribution is 6.30. The molecule has 1 aliphatic rings. The summed E-state index contributed by atoms with van der Waals surface area (Å²) in [5, 5.41) is 13.4. The van der Waals surface area contributed by atoms with Crippen LogP contribution in [0.5, 0.6) is 0 Å². The number of nitro benzene ring substituents is 1. The van der Waals surface area contributed by atoms with E-state index in [-0.39, 0.29) is 34.9 Å². The van der Waals surface area contributed by atoms with Gasteiger partial charge in [-0.15, -0.1) is 0 Å². The lowest BCUT2D eigenvalue weighted by Gasteiger charge is -2.26. The number of nitrogens with one attached hydrogen (secondary N) is 1. The van der Waals surface area contributed by atoms with Crippen molar-refractivity contribution in [2.75, 3.05) is 0 Å². The summed E-state index contributed by atoms with van der Waals surface area (Å²) in [7, 11) is 0. The van der Waals surface area contributed by atoms with Crippen LogP contribution in [0.4, 0.5) is 10.5 Å². The minimum Gasteiger partial charge on any atom is -0.456 e. The van der Waals surface area contributed by atoms with Crippen LogP contribution in [0.3, 0.4) is 0 Å². The Morgan fingerprint density at radius 2 is 1.68 bits per heavy atom. The number of rotatable bonds is 5. The van der Waals surface area contributed by atoms with E-state index in [4.69, 9.17) is 4.42 Å². The molecule has 31 heavy (non-hydrogen) atoms. The molecule has 2 heterocycles. The van der Waals surface area contributed by atoms with Gasteiger partial charge in [0.15, 0.2) is 0 Å². The molecule has 0 spiro atoms. The molecular weight excluding hydrogens is 402 g/mol. The van der Waals surface area contributed by atoms with Crippen molar-refractivity contribution in [3.05, 3.63) is 93.7 Å². The maximum Gasteiger partial charge on any atom is 0.331 e. The number of nitro groups is 1. The van der Waals surface area contributed by atoms with E-state index in [2.05, 4.69) is 5.32 Å². The van der Waals surface area contributed by atoms with Gasteiger partial charge in [-0.1, -0.05) is 42.5 Å². The number of benzene rings is 2. The second kappa shape index (κ2) is 8.07. The van der Waals surface area contributed by atoms with Crippen LogP contribution in [-0.4, -0.2) is 27.7 Å². The number of urea groups is 1. The van der Waals surface area contributed by atoms with E-state index in [1.54, 1.807) is 30.3 Å². The van der Waals surface area contributed by atoms with Crippen LogP contribution in [0, 0.1) is 10.1 Å². The number of para-hydroxylation sites is 1. The second-order valence-corrected chi connectivity index (χ2v) is 6.67. The second-order valence-electron chi connectivity index (χ2n) is 6.67. The molecule has 0 radical (unpaired) electrons. The van der Waals surface area contributed by atoms with E-state index in [0.717, 1.165) is 10.5 Å². The third-order valence-electron chi connectivity index (χ3n) is 4.65. The molecule has 1 aromatic heterocycles. The topological polar surface area (TPSA) is 123 Å². The highest BCUT2D eigenvalue weighted by Gasteiger charge is 2.36. The highest BCUT2D eigenvalue weighted by Crippen LogP contribution is 2.31. The molecule has 1 saturated heterocycles. The number of hydrogen-bond acceptors (Lipinski definition) is 6. The molecule has 0 unspecified atom stereocenters. The van der Waals surface area contributed by atoms with E-state index in [9.17, 15) is 24.5 Å². The summed E-state index contributed by atoms with van der Waals surface area (Å²) in [6.07, 6.45) is 1.21. The van der Waals surface area contributed by atoms with E-state index >= 15 is 0 Å². The number of furan rings is 1. The van der Waals surface area contributed by atoms with Gasteiger partial charge in [-0.3, -0.25) is 29.9 Å². The van der Waals surface area contributed by atoms with Gasteiger partial charge in [0.05, 0.1) is 17.0 Å². The van der Waals surface area contributed by atoms with Gasteiger partial charge in [-0.25, -0.2) is 4.79 Å². The molecule has 1 aliphatic heterocycles. The fourth-order valence-electron chi connectivity index (χ4n) is 3.16. The lowest BCUT2D eigenvalue weighted by Crippen LogP contribution is -2.53. The van der Waals surface area contributed by atoms with Crippen molar-refractivity contribution in [1.82, 2.24) is 10.2 Å². The molecule has 1 fully saturated rings. The first-order chi connectivity index (χ1) is 14.9. The SMILES string of the molecule is O=C1NC(=O)N(Cc2ccccc2)C(=O)/C1=C/c1ccc(-c2ccccc2[N+](=O)[O-])o1. The van der Waals surface area contributed by atoms with Crippen LogP contribution >= 0.6 is 0 Å². The summed E-state index contributed by atoms with van der Waals surface area (Å²) in [5.41, 5.74) is 0.565. The Balaban J connectivity index is 1.64. The van der Waals surface area contributed by atoms with Gasteiger partial charge in [0.25, 0.3) is 17.5 Å². The van der Waals surface area contributed by atoms with Crippen LogP contribution in [0.25, 0.3) is 17.4 Å². The Morgan fingerprint density at radius 3 is 2.42 bits per heavy atom. The van der Waals surface area contributed by atoms with Crippen molar-refractivity contribution in [3.63, 3.8) is 0 Å². The number of carbonyl (C=O) groups excluding carboxylic acids is 3. The molecule has 0 saturated carbocycles. The van der Waals surface area contributed by atoms with Crippen LogP contribution in [-0.2, 0) is 16.1 Å². The van der Waals surface area contributed by atoms with E-state index < -0.39 is 22.8 Å². The summed E-state index contributed by atoms with van der Waals surface area (Å²) in [5.74, 6) is -1.26. The number of hydrogen-bond donors (Lipinski definition) is 1. The first kappa shape index (κ1) is 19.8. The standard InChI is InChI=1S/C22H15N3O6/c26-20-17(21(27)24(22(28)23-20)13-14-6-2-1-3-7-14)12-15-10-11-19(31-15)16-8-4-5-9-18(16)25(29)30/h1-12H,13H2,(H,23,26,28)/b17-12+. The Kier molecular flexibility index (Phi) is 5.15. The Labute approximate surface area is 175 Å². The van der Waals surface area contributed by atoms with Gasteiger partial charge in [0.2, 0.25) is 0 Å². The van der Waals surface area contributed by atoms with Crippen LogP contribution in [0.2, 0.25) is 0 Å². The van der Waals surface area contributed by atoms with E-state index in [1.807, 2.05) is 6.07 Å². The van der Waals surface area contributed by atoms with Gasteiger partial charge < -0.3 is 4.42 Å². The first-order valence-electron chi connectivity index (χ1n) is 9.20. The quantitative estimate of drug-likeness (QED) is 0.293. The summed E-state index contributed by atoms with van der Waals surface area (Å²) < 4.78 is 5.62. The zero-order valence-electron chi connectivity index (χ0n) is 16.0. The molecule has 0 bridgehead atoms. The molecule has 4 amide bonds. The van der Waals surface area contributed by atoms with Crippen molar-refractivity contribution in [2.45, 2.75) is 6.54 Å². The Hall–Kier alpha value is -4.53. The van der Waals surface area contributed by atoms with E-state index in [0.29, 0.717) is 0 Å². The summed E-state index contributed by atoms with van der Waals surface area (Å²) in [4.78, 5) is 48.9. The van der Waals surface area contributed by atoms with Crippen LogP contribution < -0.4 is 5.32 Å². The van der Waals surface area contributed by atoms with Crippen molar-refractivity contribution in [1.29, 1.82) is 0 Å². The molecule has 9 heteroatoms. The van der Waals surface area contributed by atoms with Gasteiger partial charge >= 0.3 is 6.03 Å². The minimum absolute atomic E-state index is 0.00422. The van der Waals surface area contributed by atoms with Crippen molar-refractivity contribution < 1.29 is 23.7 Å². The fourth-order valence-corrected chi connectivity index (χ4v) is 3.16. The van der Waals surface area contributed by atoms with Crippen LogP contribution in [0.1, 0.15) is 11.3 Å². The number of barbiturate groups is 1. The van der Waals surface area contributed by atoms with Gasteiger partial charge in [-0.05, 0) is 29.8 Å². The number of nitrogens with zero attached hydrogens (tertiary/aromatic N) is 2. The number of amides is 4. The van der Waals surface area contributed by atoms with Crippen LogP contribution in [0.15, 0.2) is 76.7 Å². The van der Waals surface area contributed by atoms with Gasteiger partial charge in [0, 0.05) is 6.07 Å². The summed E-state index contributed by atoms with van der Waals surface area (Å²) >= 11 is 0. The Bertz CT molecular complexity index is 1230. The van der Waals surface area contributed by atoms with Gasteiger partial charge in [-0.2, -0.15) is 0 Å². The van der Waals surface area contributed by atoms with Crippen molar-refractivity contribution in [2.24, 2.45) is 0 Å². The zero-order chi connectivity index (χ0) is 22.0. The number of imide groups is 2. The molecule has 154 valence electrons. The fraction of sp³-hybridized carbons (Fsp3) is 0.0455. The summed E-state index contributed by atoms with van der Waals surface area (Å²) in [6, 6.07) is 17.1. The lowest BCUT2D eigenvalue weighted by atomic mass is 10.1. The third kappa shape index (κ3) is 3.97. The number of carbonyl (C=O) groups is 3. The lowest BCUT2D eigenvalue weighted by molar-refractivity contribution is -0.384. The van der Waals surface area contributed by atoms with Gasteiger partial charge in [0.1, 0.15) is 17.1 Å². The molecule has 2 aromatic carbocycles. The molecule has 3 aromatic rings. The summed E-state index contributed by atoms with van der Waals surface area (Å²) in [6.45, 7) is -0.00422. The molecule has 1 N–H and O–H groups in total. The predicted molar refractivity (Wildman–Crippen MR) is 109 cm³/mol. The van der Waals surface area contributed by atoms with Crippen molar-refractivity contribution in [3.8, 4) is 11.3 Å². The minimum atomic E-state index is -0.844. The largest absolute Gasteiger partial charge is 0.456 e. The maximum atomic E-state index is 12.8. The van der Waals surface area contributed by atoms with E-state index in [1.165, 1.54) is 36.4 Å². The first-order valence-corrected chi connectivity index (χ1v) is 9.20. The molecule has 0 atom stereocenters. The molecule has 9 nitrogen and oxygen atoms in total. The van der Waals surface area contributed by atoms with Crippen molar-refractivity contribution >= 4 is 29.6 Å². The third-order valence-corrected chi connectivity index (χ3v) is 4.65.